The third-order valence-corrected chi connectivity index (χ3v) is 5.50. The van der Waals surface area contributed by atoms with Gasteiger partial charge in [-0.25, -0.2) is 29.1 Å². The summed E-state index contributed by atoms with van der Waals surface area (Å²) in [6.07, 6.45) is 4.98. The maximum atomic E-state index is 13.7. The van der Waals surface area contributed by atoms with Crippen molar-refractivity contribution in [1.29, 1.82) is 0 Å². The third-order valence-electron chi connectivity index (χ3n) is 5.21. The summed E-state index contributed by atoms with van der Waals surface area (Å²) >= 11 is 5.97. The van der Waals surface area contributed by atoms with E-state index in [4.69, 9.17) is 16.4 Å². The lowest BCUT2D eigenvalue weighted by Gasteiger charge is -2.28. The zero-order valence-corrected chi connectivity index (χ0v) is 20.1. The van der Waals surface area contributed by atoms with Crippen LogP contribution in [0.25, 0.3) is 0 Å². The number of benzene rings is 1. The highest BCUT2D eigenvalue weighted by Gasteiger charge is 2.24. The van der Waals surface area contributed by atoms with Gasteiger partial charge in [-0.05, 0) is 49.6 Å². The minimum atomic E-state index is -0.663. The van der Waals surface area contributed by atoms with Crippen LogP contribution in [-0.4, -0.2) is 50.2 Å². The second-order valence-electron chi connectivity index (χ2n) is 8.28. The van der Waals surface area contributed by atoms with Crippen LogP contribution < -0.4 is 16.0 Å². The SMILES string of the molecule is CC(C)Nc1ncc2c(n1)CN(OC(=O)N[C@H](CNc1ncccn1)c1ccc(F)c(Cl)c1)CC2. The maximum absolute atomic E-state index is 13.7. The first-order valence-corrected chi connectivity index (χ1v) is 11.6. The van der Waals surface area contributed by atoms with Crippen molar-refractivity contribution in [3.63, 3.8) is 0 Å². The molecule has 1 amide bonds. The Labute approximate surface area is 207 Å². The first kappa shape index (κ1) is 24.6. The molecule has 2 aromatic heterocycles. The van der Waals surface area contributed by atoms with Crippen molar-refractivity contribution in [3.8, 4) is 0 Å². The Morgan fingerprint density at radius 2 is 2.03 bits per heavy atom. The van der Waals surface area contributed by atoms with Gasteiger partial charge < -0.3 is 20.8 Å². The molecule has 3 heterocycles. The third kappa shape index (κ3) is 6.74. The molecule has 0 spiro atoms. The van der Waals surface area contributed by atoms with E-state index in [1.807, 2.05) is 13.8 Å². The largest absolute Gasteiger partial charge is 0.426 e. The van der Waals surface area contributed by atoms with E-state index < -0.39 is 18.0 Å². The number of rotatable bonds is 8. The van der Waals surface area contributed by atoms with E-state index in [1.54, 1.807) is 35.8 Å². The fourth-order valence-corrected chi connectivity index (χ4v) is 3.72. The minimum Gasteiger partial charge on any atom is -0.352 e. The van der Waals surface area contributed by atoms with Crippen molar-refractivity contribution in [3.05, 3.63) is 70.5 Å². The molecule has 35 heavy (non-hydrogen) atoms. The van der Waals surface area contributed by atoms with Gasteiger partial charge in [-0.3, -0.25) is 0 Å². The van der Waals surface area contributed by atoms with Gasteiger partial charge in [-0.1, -0.05) is 17.7 Å². The predicted molar refractivity (Wildman–Crippen MR) is 129 cm³/mol. The maximum Gasteiger partial charge on any atom is 0.426 e. The van der Waals surface area contributed by atoms with Crippen LogP contribution in [0.3, 0.4) is 0 Å². The highest BCUT2D eigenvalue weighted by molar-refractivity contribution is 6.30. The fourth-order valence-electron chi connectivity index (χ4n) is 3.54. The molecule has 0 aliphatic carbocycles. The van der Waals surface area contributed by atoms with E-state index in [2.05, 4.69) is 35.9 Å². The number of hydrogen-bond acceptors (Lipinski definition) is 9. The number of anilines is 2. The van der Waals surface area contributed by atoms with Crippen LogP contribution in [0.5, 0.6) is 0 Å². The van der Waals surface area contributed by atoms with Crippen molar-refractivity contribution in [2.45, 2.75) is 38.9 Å². The molecular formula is C23H26ClFN8O2. The number of carbonyl (C=O) groups is 1. The number of fused-ring (bicyclic) bond motifs is 1. The van der Waals surface area contributed by atoms with Crippen molar-refractivity contribution >= 4 is 29.6 Å². The lowest BCUT2D eigenvalue weighted by Crippen LogP contribution is -2.40. The van der Waals surface area contributed by atoms with Crippen molar-refractivity contribution in [1.82, 2.24) is 30.3 Å². The van der Waals surface area contributed by atoms with Gasteiger partial charge in [0.25, 0.3) is 0 Å². The van der Waals surface area contributed by atoms with Gasteiger partial charge in [0.05, 0.1) is 23.3 Å². The van der Waals surface area contributed by atoms with Crippen LogP contribution in [0.4, 0.5) is 21.1 Å². The van der Waals surface area contributed by atoms with E-state index in [0.717, 1.165) is 11.3 Å². The molecule has 1 aromatic carbocycles. The molecule has 0 radical (unpaired) electrons. The molecule has 10 nitrogen and oxygen atoms in total. The first-order valence-electron chi connectivity index (χ1n) is 11.2. The van der Waals surface area contributed by atoms with Crippen LogP contribution in [0.15, 0.2) is 42.9 Å². The number of nitrogens with one attached hydrogen (secondary N) is 3. The summed E-state index contributed by atoms with van der Waals surface area (Å²) in [5.74, 6) is 0.378. The topological polar surface area (TPSA) is 117 Å². The first-order chi connectivity index (χ1) is 16.9. The van der Waals surface area contributed by atoms with Gasteiger partial charge in [-0.15, -0.1) is 5.06 Å². The molecule has 0 saturated carbocycles. The summed E-state index contributed by atoms with van der Waals surface area (Å²) in [6.45, 7) is 5.07. The molecule has 3 aromatic rings. The van der Waals surface area contributed by atoms with E-state index in [-0.39, 0.29) is 17.6 Å². The minimum absolute atomic E-state index is 0.0447. The number of amides is 1. The Kier molecular flexibility index (Phi) is 7.88. The molecule has 3 N–H and O–H groups in total. The fraction of sp³-hybridized carbons (Fsp3) is 0.348. The molecule has 4 rings (SSSR count). The van der Waals surface area contributed by atoms with E-state index >= 15 is 0 Å². The summed E-state index contributed by atoms with van der Waals surface area (Å²) < 4.78 is 13.7. The normalized spacial score (nSPS) is 14.2. The zero-order valence-electron chi connectivity index (χ0n) is 19.3. The van der Waals surface area contributed by atoms with Crippen molar-refractivity contribution < 1.29 is 14.0 Å². The van der Waals surface area contributed by atoms with Crippen molar-refractivity contribution in [2.75, 3.05) is 23.7 Å². The van der Waals surface area contributed by atoms with Gasteiger partial charge >= 0.3 is 6.09 Å². The predicted octanol–water partition coefficient (Wildman–Crippen LogP) is 3.73. The average molecular weight is 501 g/mol. The van der Waals surface area contributed by atoms with E-state index in [0.29, 0.717) is 37.0 Å². The molecule has 0 saturated heterocycles. The standard InChI is InChI=1S/C23H26ClFN8O2/c1-14(2)30-22-28-11-16-6-9-33(13-20(16)31-22)35-23(34)32-19(12-29-21-26-7-3-8-27-21)15-4-5-18(25)17(24)10-15/h3-5,7-8,10-11,14,19H,6,9,12-13H2,1-2H3,(H,32,34)(H,26,27,29)(H,28,30,31)/t19-/m1/s1. The molecule has 1 aliphatic rings. The molecule has 12 heteroatoms. The van der Waals surface area contributed by atoms with Gasteiger partial charge in [0.2, 0.25) is 11.9 Å². The van der Waals surface area contributed by atoms with Crippen LogP contribution in [0.1, 0.15) is 36.7 Å². The van der Waals surface area contributed by atoms with Gasteiger partial charge in [0.1, 0.15) is 5.82 Å². The number of halogens is 2. The lowest BCUT2D eigenvalue weighted by molar-refractivity contribution is -0.112. The molecule has 0 unspecified atom stereocenters. The molecule has 0 bridgehead atoms. The summed E-state index contributed by atoms with van der Waals surface area (Å²) in [4.78, 5) is 35.5. The number of hydroxylamine groups is 2. The second-order valence-corrected chi connectivity index (χ2v) is 8.69. The van der Waals surface area contributed by atoms with E-state index in [1.165, 1.54) is 12.1 Å². The highest BCUT2D eigenvalue weighted by Crippen LogP contribution is 2.22. The summed E-state index contributed by atoms with van der Waals surface area (Å²) in [7, 11) is 0. The quantitative estimate of drug-likeness (QED) is 0.425. The number of hydrogen-bond donors (Lipinski definition) is 3. The molecule has 1 atom stereocenters. The Morgan fingerprint density at radius 1 is 1.23 bits per heavy atom. The molecule has 1 aliphatic heterocycles. The monoisotopic (exact) mass is 500 g/mol. The Balaban J connectivity index is 1.42. The van der Waals surface area contributed by atoms with Crippen LogP contribution in [0, 0.1) is 5.82 Å². The lowest BCUT2D eigenvalue weighted by atomic mass is 10.1. The number of nitrogens with zero attached hydrogens (tertiary/aromatic N) is 5. The Morgan fingerprint density at radius 3 is 2.77 bits per heavy atom. The van der Waals surface area contributed by atoms with E-state index in [9.17, 15) is 9.18 Å². The van der Waals surface area contributed by atoms with Gasteiger partial charge in [0, 0.05) is 37.7 Å². The smallest absolute Gasteiger partial charge is 0.352 e. The van der Waals surface area contributed by atoms with Gasteiger partial charge in [-0.2, -0.15) is 0 Å². The summed E-state index contributed by atoms with van der Waals surface area (Å²) in [5, 5.41) is 10.5. The molecule has 184 valence electrons. The summed E-state index contributed by atoms with van der Waals surface area (Å²) in [6, 6.07) is 5.57. The zero-order chi connectivity index (χ0) is 24.8. The van der Waals surface area contributed by atoms with Crippen LogP contribution >= 0.6 is 11.6 Å². The Hall–Kier alpha value is -3.57. The van der Waals surface area contributed by atoms with Gasteiger partial charge in [0.15, 0.2) is 0 Å². The summed E-state index contributed by atoms with van der Waals surface area (Å²) in [5.41, 5.74) is 2.41. The molecular weight excluding hydrogens is 475 g/mol. The number of aromatic nitrogens is 4. The number of carbonyl (C=O) groups excluding carboxylic acids is 1. The Bertz CT molecular complexity index is 1170. The second kappa shape index (κ2) is 11.2. The van der Waals surface area contributed by atoms with Crippen LogP contribution in [-0.2, 0) is 17.8 Å². The average Bonchev–Trinajstić information content (AvgIpc) is 2.83. The van der Waals surface area contributed by atoms with Crippen LogP contribution in [0.2, 0.25) is 5.02 Å². The highest BCUT2D eigenvalue weighted by atomic mass is 35.5. The molecule has 0 fully saturated rings. The van der Waals surface area contributed by atoms with Crippen molar-refractivity contribution in [2.24, 2.45) is 0 Å².